The summed E-state index contributed by atoms with van der Waals surface area (Å²) >= 11 is 0. The smallest absolute Gasteiger partial charge is 0.303 e. The first-order valence-electron chi connectivity index (χ1n) is 12.3. The molecule has 4 rings (SSSR count). The molecular weight excluding hydrogens is 364 g/mol. The summed E-state index contributed by atoms with van der Waals surface area (Å²) in [7, 11) is 0. The molecule has 0 aromatic heterocycles. The number of carboxylic acids is 1. The van der Waals surface area contributed by atoms with Crippen LogP contribution in [0.2, 0.25) is 0 Å². The summed E-state index contributed by atoms with van der Waals surface area (Å²) in [6, 6.07) is 0. The van der Waals surface area contributed by atoms with Crippen molar-refractivity contribution in [1.29, 1.82) is 0 Å². The fraction of sp³-hybridized carbons (Fsp3) is 0.960. The van der Waals surface area contributed by atoms with E-state index in [1.165, 1.54) is 25.7 Å². The van der Waals surface area contributed by atoms with Gasteiger partial charge in [-0.1, -0.05) is 27.2 Å². The van der Waals surface area contributed by atoms with Gasteiger partial charge in [-0.3, -0.25) is 4.79 Å². The number of carboxylic acid groups (broad SMARTS) is 1. The van der Waals surface area contributed by atoms with Gasteiger partial charge in [0.15, 0.2) is 0 Å². The van der Waals surface area contributed by atoms with Crippen molar-refractivity contribution in [1.82, 2.24) is 0 Å². The molecule has 0 amide bonds. The third-order valence-electron chi connectivity index (χ3n) is 10.5. The Bertz CT molecular complexity index is 620. The van der Waals surface area contributed by atoms with Crippen LogP contribution in [0.15, 0.2) is 0 Å². The molecule has 4 saturated carbocycles. The van der Waals surface area contributed by atoms with Crippen LogP contribution < -0.4 is 0 Å². The zero-order valence-electron chi connectivity index (χ0n) is 18.6. The number of rotatable bonds is 5. The molecule has 0 spiro atoms. The van der Waals surface area contributed by atoms with Crippen molar-refractivity contribution in [2.45, 2.75) is 104 Å². The van der Waals surface area contributed by atoms with Crippen molar-refractivity contribution in [2.75, 3.05) is 0 Å². The molecule has 4 aliphatic rings. The molecule has 10 atom stereocenters. The predicted octanol–water partition coefficient (Wildman–Crippen LogP) is 4.87. The van der Waals surface area contributed by atoms with E-state index >= 15 is 0 Å². The minimum atomic E-state index is -0.680. The van der Waals surface area contributed by atoms with E-state index in [2.05, 4.69) is 20.8 Å². The maximum atomic E-state index is 11.6. The first kappa shape index (κ1) is 21.6. The molecule has 4 aliphatic carbocycles. The topological polar surface area (TPSA) is 77.8 Å². The SMILES string of the molecule is CC[C@H]1[C@@H](O)C2C3CCC(CCCC(=O)O)[C@@]3(C)CCC2[C@@]2(C)CC[C@@H](O)C[C@@H]12. The van der Waals surface area contributed by atoms with E-state index in [1.54, 1.807) is 0 Å². The van der Waals surface area contributed by atoms with Gasteiger partial charge in [0.1, 0.15) is 0 Å². The Hall–Kier alpha value is -0.610. The predicted molar refractivity (Wildman–Crippen MR) is 113 cm³/mol. The van der Waals surface area contributed by atoms with Gasteiger partial charge in [-0.2, -0.15) is 0 Å². The third-order valence-corrected chi connectivity index (χ3v) is 10.5. The van der Waals surface area contributed by atoms with Crippen molar-refractivity contribution in [3.8, 4) is 0 Å². The van der Waals surface area contributed by atoms with Crippen LogP contribution in [-0.2, 0) is 4.79 Å². The molecule has 29 heavy (non-hydrogen) atoms. The maximum absolute atomic E-state index is 11.6. The van der Waals surface area contributed by atoms with Crippen molar-refractivity contribution in [3.63, 3.8) is 0 Å². The number of fused-ring (bicyclic) bond motifs is 5. The van der Waals surface area contributed by atoms with E-state index in [0.717, 1.165) is 38.5 Å². The standard InChI is InChI=1S/C25H42O4/c1-4-17-20-14-16(26)10-12-25(20,3)19-11-13-24(2)15(6-5-7-21(27)28)8-9-18(24)22(19)23(17)29/h15-20,22-23,26,29H,4-14H2,1-3H3,(H,27,28)/t15?,16-,17-,18?,19?,20+,22?,23-,24-,25-/m1/s1. The molecule has 0 heterocycles. The van der Waals surface area contributed by atoms with E-state index in [4.69, 9.17) is 5.11 Å². The largest absolute Gasteiger partial charge is 0.481 e. The summed E-state index contributed by atoms with van der Waals surface area (Å²) < 4.78 is 0. The molecule has 4 nitrogen and oxygen atoms in total. The fourth-order valence-electron chi connectivity index (χ4n) is 9.04. The first-order chi connectivity index (χ1) is 13.7. The van der Waals surface area contributed by atoms with E-state index in [-0.39, 0.29) is 29.5 Å². The second-order valence-electron chi connectivity index (χ2n) is 11.5. The van der Waals surface area contributed by atoms with E-state index in [9.17, 15) is 15.0 Å². The van der Waals surface area contributed by atoms with Crippen LogP contribution in [-0.4, -0.2) is 33.5 Å². The van der Waals surface area contributed by atoms with Gasteiger partial charge < -0.3 is 15.3 Å². The average molecular weight is 407 g/mol. The summed E-state index contributed by atoms with van der Waals surface area (Å²) in [6.07, 6.45) is 10.4. The Morgan fingerprint density at radius 3 is 2.34 bits per heavy atom. The summed E-state index contributed by atoms with van der Waals surface area (Å²) in [4.78, 5) is 11.0. The molecule has 4 unspecified atom stereocenters. The van der Waals surface area contributed by atoms with E-state index in [0.29, 0.717) is 35.5 Å². The van der Waals surface area contributed by atoms with Gasteiger partial charge in [-0.15, -0.1) is 0 Å². The first-order valence-corrected chi connectivity index (χ1v) is 12.3. The van der Waals surface area contributed by atoms with Crippen molar-refractivity contribution < 1.29 is 20.1 Å². The van der Waals surface area contributed by atoms with Crippen LogP contribution in [0.25, 0.3) is 0 Å². The Morgan fingerprint density at radius 1 is 0.966 bits per heavy atom. The van der Waals surface area contributed by atoms with Crippen LogP contribution in [0.4, 0.5) is 0 Å². The lowest BCUT2D eigenvalue weighted by atomic mass is 9.41. The summed E-state index contributed by atoms with van der Waals surface area (Å²) in [5, 5.41) is 31.1. The second kappa shape index (κ2) is 7.82. The Kier molecular flexibility index (Phi) is 5.83. The van der Waals surface area contributed by atoms with Crippen molar-refractivity contribution in [2.24, 2.45) is 46.3 Å². The zero-order chi connectivity index (χ0) is 21.0. The quantitative estimate of drug-likeness (QED) is 0.609. The van der Waals surface area contributed by atoms with Gasteiger partial charge in [0.2, 0.25) is 0 Å². The Balaban J connectivity index is 1.59. The lowest BCUT2D eigenvalue weighted by molar-refractivity contribution is -0.202. The fourth-order valence-corrected chi connectivity index (χ4v) is 9.04. The molecule has 4 heteroatoms. The number of aliphatic hydroxyl groups is 2. The zero-order valence-corrected chi connectivity index (χ0v) is 18.6. The molecule has 0 aromatic rings. The Labute approximate surface area is 176 Å². The second-order valence-corrected chi connectivity index (χ2v) is 11.5. The minimum Gasteiger partial charge on any atom is -0.481 e. The van der Waals surface area contributed by atoms with Crippen LogP contribution in [0.3, 0.4) is 0 Å². The van der Waals surface area contributed by atoms with Gasteiger partial charge in [0.05, 0.1) is 12.2 Å². The molecule has 0 radical (unpaired) electrons. The number of hydrogen-bond donors (Lipinski definition) is 3. The highest BCUT2D eigenvalue weighted by molar-refractivity contribution is 5.66. The summed E-state index contributed by atoms with van der Waals surface area (Å²) in [5.74, 6) is 2.23. The highest BCUT2D eigenvalue weighted by Crippen LogP contribution is 2.69. The average Bonchev–Trinajstić information content (AvgIpc) is 3.00. The number of hydrogen-bond acceptors (Lipinski definition) is 3. The lowest BCUT2D eigenvalue weighted by Gasteiger charge is -2.64. The number of carbonyl (C=O) groups is 1. The third kappa shape index (κ3) is 3.37. The number of aliphatic carboxylic acids is 1. The lowest BCUT2D eigenvalue weighted by Crippen LogP contribution is -2.62. The van der Waals surface area contributed by atoms with Gasteiger partial charge in [-0.05, 0) is 104 Å². The molecule has 4 fully saturated rings. The van der Waals surface area contributed by atoms with E-state index in [1.807, 2.05) is 0 Å². The number of aliphatic hydroxyl groups excluding tert-OH is 2. The summed E-state index contributed by atoms with van der Waals surface area (Å²) in [5.41, 5.74) is 0.517. The normalized spacial score (nSPS) is 51.8. The minimum absolute atomic E-state index is 0.190. The van der Waals surface area contributed by atoms with Crippen molar-refractivity contribution in [3.05, 3.63) is 0 Å². The van der Waals surface area contributed by atoms with Crippen LogP contribution >= 0.6 is 0 Å². The molecule has 0 saturated heterocycles. The van der Waals surface area contributed by atoms with Gasteiger partial charge in [0.25, 0.3) is 0 Å². The Morgan fingerprint density at radius 2 is 1.66 bits per heavy atom. The van der Waals surface area contributed by atoms with Crippen LogP contribution in [0.5, 0.6) is 0 Å². The van der Waals surface area contributed by atoms with Crippen LogP contribution in [0, 0.1) is 46.3 Å². The van der Waals surface area contributed by atoms with Crippen molar-refractivity contribution >= 4 is 5.97 Å². The van der Waals surface area contributed by atoms with E-state index < -0.39 is 5.97 Å². The molecular formula is C25H42O4. The molecule has 166 valence electrons. The summed E-state index contributed by atoms with van der Waals surface area (Å²) in [6.45, 7) is 7.16. The molecule has 3 N–H and O–H groups in total. The molecule has 0 aliphatic heterocycles. The van der Waals surface area contributed by atoms with Gasteiger partial charge >= 0.3 is 5.97 Å². The monoisotopic (exact) mass is 406 g/mol. The highest BCUT2D eigenvalue weighted by atomic mass is 16.4. The maximum Gasteiger partial charge on any atom is 0.303 e. The van der Waals surface area contributed by atoms with Crippen LogP contribution in [0.1, 0.15) is 91.4 Å². The molecule has 0 aromatic carbocycles. The van der Waals surface area contributed by atoms with Gasteiger partial charge in [0, 0.05) is 6.42 Å². The van der Waals surface area contributed by atoms with Gasteiger partial charge in [-0.25, -0.2) is 0 Å². The molecule has 0 bridgehead atoms. The highest BCUT2D eigenvalue weighted by Gasteiger charge is 2.64.